The lowest BCUT2D eigenvalue weighted by atomic mass is 9.83. The van der Waals surface area contributed by atoms with Gasteiger partial charge in [0.1, 0.15) is 5.54 Å². The third-order valence-corrected chi connectivity index (χ3v) is 8.14. The number of benzene rings is 2. The highest BCUT2D eigenvalue weighted by Gasteiger charge is 2.50. The molecule has 2 saturated carbocycles. The first-order valence-electron chi connectivity index (χ1n) is 12.5. The van der Waals surface area contributed by atoms with Crippen molar-refractivity contribution in [2.24, 2.45) is 5.73 Å². The predicted octanol–water partition coefficient (Wildman–Crippen LogP) is 5.57. The first kappa shape index (κ1) is 23.4. The Balaban J connectivity index is 1.54. The Hall–Kier alpha value is -2.02. The zero-order chi connectivity index (χ0) is 24.2. The Labute approximate surface area is 216 Å². The van der Waals surface area contributed by atoms with Crippen molar-refractivity contribution >= 4 is 23.2 Å². The minimum Gasteiger partial charge on any atom is -0.383 e. The predicted molar refractivity (Wildman–Crippen MR) is 140 cm³/mol. The van der Waals surface area contributed by atoms with Crippen LogP contribution in [0, 0.1) is 0 Å². The van der Waals surface area contributed by atoms with Crippen molar-refractivity contribution in [3.05, 3.63) is 80.7 Å². The van der Waals surface area contributed by atoms with Gasteiger partial charge < -0.3 is 15.8 Å². The van der Waals surface area contributed by atoms with Crippen molar-refractivity contribution in [3.63, 3.8) is 0 Å². The van der Waals surface area contributed by atoms with Gasteiger partial charge in [0, 0.05) is 42.1 Å². The number of nitrogens with one attached hydrogen (secondary N) is 1. The lowest BCUT2D eigenvalue weighted by molar-refractivity contribution is 0.191. The topological polar surface area (TPSA) is 73.1 Å². The van der Waals surface area contributed by atoms with Crippen LogP contribution in [-0.2, 0) is 16.7 Å². The smallest absolute Gasteiger partial charge is 0.102 e. The van der Waals surface area contributed by atoms with Gasteiger partial charge in [0.15, 0.2) is 0 Å². The number of halogens is 2. The van der Waals surface area contributed by atoms with Gasteiger partial charge >= 0.3 is 0 Å². The summed E-state index contributed by atoms with van der Waals surface area (Å²) in [5.74, 6) is 0.764. The molecule has 0 bridgehead atoms. The Morgan fingerprint density at radius 2 is 1.77 bits per heavy atom. The fourth-order valence-electron chi connectivity index (χ4n) is 5.46. The van der Waals surface area contributed by atoms with E-state index in [1.807, 2.05) is 12.1 Å². The van der Waals surface area contributed by atoms with Crippen molar-refractivity contribution < 1.29 is 4.74 Å². The quantitative estimate of drug-likeness (QED) is 0.389. The van der Waals surface area contributed by atoms with E-state index in [9.17, 15) is 0 Å². The molecule has 0 aliphatic heterocycles. The number of methoxy groups -OCH3 is 1. The summed E-state index contributed by atoms with van der Waals surface area (Å²) in [4.78, 5) is 10.7. The Morgan fingerprint density at radius 1 is 1.03 bits per heavy atom. The van der Waals surface area contributed by atoms with Crippen LogP contribution in [0.25, 0.3) is 11.3 Å². The van der Waals surface area contributed by atoms with Gasteiger partial charge in [0.2, 0.25) is 0 Å². The first-order valence-corrected chi connectivity index (χ1v) is 13.2. The summed E-state index contributed by atoms with van der Waals surface area (Å²) < 4.78 is 5.31. The van der Waals surface area contributed by atoms with E-state index in [2.05, 4.69) is 29.6 Å². The van der Waals surface area contributed by atoms with Gasteiger partial charge in [0.05, 0.1) is 34.4 Å². The average Bonchev–Trinajstić information content (AvgIpc) is 3.77. The zero-order valence-electron chi connectivity index (χ0n) is 19.9. The number of fused-ring (bicyclic) bond motifs is 1. The van der Waals surface area contributed by atoms with Crippen LogP contribution in [0.1, 0.15) is 65.7 Å². The maximum absolute atomic E-state index is 7.46. The number of nitrogens with zero attached hydrogens (tertiary/aromatic N) is 2. The van der Waals surface area contributed by atoms with E-state index in [4.69, 9.17) is 43.6 Å². The van der Waals surface area contributed by atoms with Gasteiger partial charge in [-0.1, -0.05) is 47.5 Å². The summed E-state index contributed by atoms with van der Waals surface area (Å²) in [7, 11) is 1.72. The molecule has 3 aromatic rings. The number of aromatic nitrogens is 2. The number of hydrogen-bond donors (Lipinski definition) is 2. The van der Waals surface area contributed by atoms with Crippen molar-refractivity contribution in [2.45, 2.75) is 55.5 Å². The molecule has 2 unspecified atom stereocenters. The average molecular weight is 509 g/mol. The van der Waals surface area contributed by atoms with E-state index in [1.54, 1.807) is 13.2 Å². The van der Waals surface area contributed by atoms with Crippen molar-refractivity contribution in [2.75, 3.05) is 20.3 Å². The lowest BCUT2D eigenvalue weighted by Crippen LogP contribution is -2.54. The largest absolute Gasteiger partial charge is 0.383 e. The van der Waals surface area contributed by atoms with E-state index in [1.165, 1.54) is 5.56 Å². The molecule has 3 N–H and O–H groups in total. The van der Waals surface area contributed by atoms with Crippen molar-refractivity contribution in [1.82, 2.24) is 15.3 Å². The molecular weight excluding hydrogens is 479 g/mol. The molecule has 6 rings (SSSR count). The van der Waals surface area contributed by atoms with Crippen LogP contribution in [-0.4, -0.2) is 36.3 Å². The van der Waals surface area contributed by atoms with Crippen molar-refractivity contribution in [3.8, 4) is 11.3 Å². The molecule has 0 saturated heterocycles. The minimum atomic E-state index is -0.763. The molecule has 0 amide bonds. The van der Waals surface area contributed by atoms with Crippen LogP contribution in [0.4, 0.5) is 0 Å². The Morgan fingerprint density at radius 3 is 2.49 bits per heavy atom. The lowest BCUT2D eigenvalue weighted by Gasteiger charge is -2.35. The fourth-order valence-corrected chi connectivity index (χ4v) is 5.96. The van der Waals surface area contributed by atoms with Gasteiger partial charge in [-0.05, 0) is 61.4 Å². The second kappa shape index (κ2) is 9.13. The van der Waals surface area contributed by atoms with Crippen LogP contribution >= 0.6 is 23.2 Å². The van der Waals surface area contributed by atoms with Gasteiger partial charge in [-0.15, -0.1) is 0 Å². The summed E-state index contributed by atoms with van der Waals surface area (Å²) in [6, 6.07) is 14.1. The Kier molecular flexibility index (Phi) is 6.10. The highest BCUT2D eigenvalue weighted by atomic mass is 35.5. The molecule has 35 heavy (non-hydrogen) atoms. The monoisotopic (exact) mass is 508 g/mol. The number of hydrogen-bond acceptors (Lipinski definition) is 5. The highest BCUT2D eigenvalue weighted by molar-refractivity contribution is 6.36. The minimum absolute atomic E-state index is 0.0128. The van der Waals surface area contributed by atoms with Gasteiger partial charge in [-0.25, -0.2) is 4.98 Å². The van der Waals surface area contributed by atoms with Crippen LogP contribution in [0.15, 0.2) is 42.5 Å². The molecule has 5 nitrogen and oxygen atoms in total. The molecule has 1 heterocycles. The van der Waals surface area contributed by atoms with Crippen LogP contribution in [0.2, 0.25) is 10.0 Å². The standard InChI is InChI=1S/C28H30Cl2N4O/c1-35-13-12-32-23-14-18-4-2-3-5-21(18)28(23,31)27-25(17-8-9-17)33-26(24(34-27)16-6-7-16)20-11-10-19(29)15-22(20)30/h2-5,10-11,15-17,23,32H,6-9,12-14,31H2,1H3. The molecule has 182 valence electrons. The van der Waals surface area contributed by atoms with Crippen molar-refractivity contribution in [1.29, 1.82) is 0 Å². The highest BCUT2D eigenvalue weighted by Crippen LogP contribution is 2.51. The number of nitrogens with two attached hydrogens (primary N) is 1. The second-order valence-electron chi connectivity index (χ2n) is 10.1. The van der Waals surface area contributed by atoms with E-state index in [0.717, 1.165) is 72.6 Å². The number of rotatable bonds is 8. The molecule has 1 aromatic heterocycles. The van der Waals surface area contributed by atoms with E-state index in [-0.39, 0.29) is 6.04 Å². The van der Waals surface area contributed by atoms with Gasteiger partial charge in [0.25, 0.3) is 0 Å². The van der Waals surface area contributed by atoms with Crippen LogP contribution < -0.4 is 11.1 Å². The first-order chi connectivity index (χ1) is 17.0. The summed E-state index contributed by atoms with van der Waals surface area (Å²) in [5.41, 5.74) is 13.9. The molecule has 0 radical (unpaired) electrons. The van der Waals surface area contributed by atoms with Gasteiger partial charge in [-0.3, -0.25) is 4.98 Å². The maximum Gasteiger partial charge on any atom is 0.102 e. The SMILES string of the molecule is COCCNC1Cc2ccccc2C1(N)c1nc(C2CC2)c(-c2ccc(Cl)cc2Cl)nc1C1CC1. The zero-order valence-corrected chi connectivity index (χ0v) is 21.4. The van der Waals surface area contributed by atoms with Crippen LogP contribution in [0.5, 0.6) is 0 Å². The van der Waals surface area contributed by atoms with E-state index < -0.39 is 5.54 Å². The summed E-state index contributed by atoms with van der Waals surface area (Å²) in [6.45, 7) is 1.36. The molecule has 0 spiro atoms. The maximum atomic E-state index is 7.46. The molecular formula is C28H30Cl2N4O. The number of ether oxygens (including phenoxy) is 1. The summed E-state index contributed by atoms with van der Waals surface area (Å²) in [6.07, 6.45) is 5.29. The third-order valence-electron chi connectivity index (χ3n) is 7.59. The molecule has 7 heteroatoms. The molecule has 2 aromatic carbocycles. The normalized spacial score (nSPS) is 23.5. The molecule has 3 aliphatic rings. The summed E-state index contributed by atoms with van der Waals surface area (Å²) >= 11 is 12.9. The Bertz CT molecular complexity index is 1270. The molecule has 3 aliphatic carbocycles. The fraction of sp³-hybridized carbons (Fsp3) is 0.429. The van der Waals surface area contributed by atoms with E-state index in [0.29, 0.717) is 28.5 Å². The van der Waals surface area contributed by atoms with Crippen LogP contribution in [0.3, 0.4) is 0 Å². The molecule has 2 atom stereocenters. The molecule has 2 fully saturated rings. The second-order valence-corrected chi connectivity index (χ2v) is 10.9. The van der Waals surface area contributed by atoms with E-state index >= 15 is 0 Å². The third kappa shape index (κ3) is 4.17. The summed E-state index contributed by atoms with van der Waals surface area (Å²) in [5, 5.41) is 4.90. The van der Waals surface area contributed by atoms with Gasteiger partial charge in [-0.2, -0.15) is 0 Å².